The van der Waals surface area contributed by atoms with Crippen LogP contribution in [0.4, 0.5) is 0 Å². The van der Waals surface area contributed by atoms with Crippen LogP contribution in [0, 0.1) is 11.8 Å². The molecule has 0 aromatic rings. The van der Waals surface area contributed by atoms with Gasteiger partial charge in [-0.05, 0) is 11.8 Å². The van der Waals surface area contributed by atoms with Crippen LogP contribution in [-0.4, -0.2) is 12.4 Å². The van der Waals surface area contributed by atoms with Gasteiger partial charge in [-0.1, -0.05) is 13.8 Å². The number of hydrogen-bond donors (Lipinski definition) is 1. The smallest absolute Gasteiger partial charge is 0.0939 e. The molecule has 1 aliphatic heterocycles. The fraction of sp³-hybridized carbons (Fsp3) is 0.857. The minimum absolute atomic E-state index is 0.720. The summed E-state index contributed by atoms with van der Waals surface area (Å²) in [6, 6.07) is 0. The first kappa shape index (κ1) is 6.59. The van der Waals surface area contributed by atoms with Gasteiger partial charge in [0.15, 0.2) is 0 Å². The Kier molecular flexibility index (Phi) is 1.74. The van der Waals surface area contributed by atoms with Crippen LogP contribution >= 0.6 is 0 Å². The molecule has 2 nitrogen and oxygen atoms in total. The molecule has 0 aromatic carbocycles. The molecule has 1 rings (SSSR count). The van der Waals surface area contributed by atoms with Crippen LogP contribution in [0.5, 0.6) is 0 Å². The van der Waals surface area contributed by atoms with Gasteiger partial charge in [0, 0.05) is 13.0 Å². The molecule has 0 aromatic heterocycles. The van der Waals surface area contributed by atoms with Crippen molar-refractivity contribution in [3.8, 4) is 0 Å². The summed E-state index contributed by atoms with van der Waals surface area (Å²) in [7, 11) is 0. The lowest BCUT2D eigenvalue weighted by Gasteiger charge is -2.22. The van der Waals surface area contributed by atoms with Crippen molar-refractivity contribution in [2.24, 2.45) is 22.6 Å². The van der Waals surface area contributed by atoms with Gasteiger partial charge in [-0.15, -0.1) is 0 Å². The summed E-state index contributed by atoms with van der Waals surface area (Å²) in [5.74, 6) is 2.28. The molecular weight excluding hydrogens is 112 g/mol. The van der Waals surface area contributed by atoms with Crippen LogP contribution < -0.4 is 5.73 Å². The van der Waals surface area contributed by atoms with Gasteiger partial charge in [-0.2, -0.15) is 0 Å². The monoisotopic (exact) mass is 126 g/mol. The fourth-order valence-corrected chi connectivity index (χ4v) is 1.04. The summed E-state index contributed by atoms with van der Waals surface area (Å²) < 4.78 is 0. The molecule has 0 aliphatic carbocycles. The van der Waals surface area contributed by atoms with Gasteiger partial charge in [0.2, 0.25) is 0 Å². The van der Waals surface area contributed by atoms with Crippen molar-refractivity contribution < 1.29 is 0 Å². The van der Waals surface area contributed by atoms with E-state index in [1.807, 2.05) is 0 Å². The van der Waals surface area contributed by atoms with Crippen LogP contribution in [0.3, 0.4) is 0 Å². The molecule has 0 saturated heterocycles. The van der Waals surface area contributed by atoms with Crippen molar-refractivity contribution in [3.63, 3.8) is 0 Å². The van der Waals surface area contributed by atoms with E-state index in [9.17, 15) is 0 Å². The zero-order chi connectivity index (χ0) is 6.85. The summed E-state index contributed by atoms with van der Waals surface area (Å²) in [4.78, 5) is 4.16. The Bertz CT molecular complexity index is 129. The summed E-state index contributed by atoms with van der Waals surface area (Å²) in [6.45, 7) is 5.37. The molecule has 0 saturated carbocycles. The predicted molar refractivity (Wildman–Crippen MR) is 39.4 cm³/mol. The van der Waals surface area contributed by atoms with Crippen LogP contribution in [-0.2, 0) is 0 Å². The highest BCUT2D eigenvalue weighted by Crippen LogP contribution is 2.18. The third-order valence-corrected chi connectivity index (χ3v) is 2.08. The first-order chi connectivity index (χ1) is 4.20. The Labute approximate surface area is 56.2 Å². The Morgan fingerprint density at radius 3 is 2.56 bits per heavy atom. The third kappa shape index (κ3) is 1.44. The highest BCUT2D eigenvalue weighted by molar-refractivity contribution is 5.81. The van der Waals surface area contributed by atoms with Crippen molar-refractivity contribution in [3.05, 3.63) is 0 Å². The predicted octanol–water partition coefficient (Wildman–Crippen LogP) is 1.02. The summed E-state index contributed by atoms with van der Waals surface area (Å²) >= 11 is 0. The number of amidine groups is 1. The topological polar surface area (TPSA) is 38.4 Å². The molecule has 0 amide bonds. The molecular formula is C7H14N2. The van der Waals surface area contributed by atoms with Crippen molar-refractivity contribution in [2.45, 2.75) is 20.3 Å². The average Bonchev–Trinajstić information content (AvgIpc) is 1.80. The lowest BCUT2D eigenvalue weighted by atomic mass is 9.90. The Morgan fingerprint density at radius 1 is 1.44 bits per heavy atom. The molecule has 1 heterocycles. The molecule has 0 spiro atoms. The molecule has 9 heavy (non-hydrogen) atoms. The van der Waals surface area contributed by atoms with Gasteiger partial charge in [0.05, 0.1) is 5.84 Å². The van der Waals surface area contributed by atoms with E-state index in [2.05, 4.69) is 18.8 Å². The van der Waals surface area contributed by atoms with Crippen molar-refractivity contribution in [2.75, 3.05) is 6.54 Å². The second kappa shape index (κ2) is 2.38. The van der Waals surface area contributed by atoms with Crippen molar-refractivity contribution in [1.82, 2.24) is 0 Å². The second-order valence-electron chi connectivity index (χ2n) is 2.99. The number of nitrogens with zero attached hydrogens (tertiary/aromatic N) is 1. The average molecular weight is 126 g/mol. The van der Waals surface area contributed by atoms with E-state index >= 15 is 0 Å². The maximum atomic E-state index is 5.54. The number of aliphatic imine (C=N–C) groups is 1. The Morgan fingerprint density at radius 2 is 2.11 bits per heavy atom. The van der Waals surface area contributed by atoms with Crippen LogP contribution in [0.1, 0.15) is 20.3 Å². The number of rotatable bonds is 0. The van der Waals surface area contributed by atoms with Crippen LogP contribution in [0.2, 0.25) is 0 Å². The largest absolute Gasteiger partial charge is 0.387 e. The van der Waals surface area contributed by atoms with E-state index in [-0.39, 0.29) is 0 Å². The number of nitrogens with two attached hydrogens (primary N) is 1. The molecule has 52 valence electrons. The van der Waals surface area contributed by atoms with Crippen molar-refractivity contribution >= 4 is 5.84 Å². The maximum absolute atomic E-state index is 5.54. The standard InChI is InChI=1S/C7H14N2/c1-5-3-7(8)9-4-6(5)2/h5-6H,3-4H2,1-2H3,(H2,8,9)/t5-,6-/m1/s1. The van der Waals surface area contributed by atoms with Gasteiger partial charge >= 0.3 is 0 Å². The molecule has 0 radical (unpaired) electrons. The highest BCUT2D eigenvalue weighted by atomic mass is 14.9. The van der Waals surface area contributed by atoms with Gasteiger partial charge in [-0.25, -0.2) is 0 Å². The van der Waals surface area contributed by atoms with E-state index in [0.717, 1.165) is 30.6 Å². The van der Waals surface area contributed by atoms with E-state index < -0.39 is 0 Å². The molecule has 0 fully saturated rings. The normalized spacial score (nSPS) is 36.0. The Balaban J connectivity index is 2.54. The van der Waals surface area contributed by atoms with Crippen LogP contribution in [0.25, 0.3) is 0 Å². The van der Waals surface area contributed by atoms with Gasteiger partial charge in [0.1, 0.15) is 0 Å². The summed E-state index contributed by atoms with van der Waals surface area (Å²) in [5, 5.41) is 0. The molecule has 2 heteroatoms. The van der Waals surface area contributed by atoms with Gasteiger partial charge in [0.25, 0.3) is 0 Å². The van der Waals surface area contributed by atoms with Gasteiger partial charge in [-0.3, -0.25) is 4.99 Å². The highest BCUT2D eigenvalue weighted by Gasteiger charge is 2.16. The quantitative estimate of drug-likeness (QED) is 0.517. The Hall–Kier alpha value is -0.530. The zero-order valence-corrected chi connectivity index (χ0v) is 6.09. The van der Waals surface area contributed by atoms with E-state index in [4.69, 9.17) is 5.73 Å². The zero-order valence-electron chi connectivity index (χ0n) is 6.09. The fourth-order valence-electron chi connectivity index (χ4n) is 1.04. The second-order valence-corrected chi connectivity index (χ2v) is 2.99. The maximum Gasteiger partial charge on any atom is 0.0939 e. The van der Waals surface area contributed by atoms with Crippen molar-refractivity contribution in [1.29, 1.82) is 0 Å². The lowest BCUT2D eigenvalue weighted by Crippen LogP contribution is -2.26. The van der Waals surface area contributed by atoms with E-state index in [1.165, 1.54) is 0 Å². The molecule has 2 N–H and O–H groups in total. The van der Waals surface area contributed by atoms with E-state index in [1.54, 1.807) is 0 Å². The molecule has 0 unspecified atom stereocenters. The first-order valence-corrected chi connectivity index (χ1v) is 3.49. The van der Waals surface area contributed by atoms with E-state index in [0.29, 0.717) is 0 Å². The summed E-state index contributed by atoms with van der Waals surface area (Å²) in [6.07, 6.45) is 0.987. The molecule has 1 aliphatic rings. The minimum atomic E-state index is 0.720. The lowest BCUT2D eigenvalue weighted by molar-refractivity contribution is 0.391. The van der Waals surface area contributed by atoms with Crippen LogP contribution in [0.15, 0.2) is 4.99 Å². The first-order valence-electron chi connectivity index (χ1n) is 3.49. The molecule has 2 atom stereocenters. The SMILES string of the molecule is C[C@@H]1CN=C(N)C[C@H]1C. The van der Waals surface area contributed by atoms with Gasteiger partial charge < -0.3 is 5.73 Å². The summed E-state index contributed by atoms with van der Waals surface area (Å²) in [5.41, 5.74) is 5.54. The number of hydrogen-bond acceptors (Lipinski definition) is 2. The third-order valence-electron chi connectivity index (χ3n) is 2.08. The minimum Gasteiger partial charge on any atom is -0.387 e. The molecule has 0 bridgehead atoms.